The van der Waals surface area contributed by atoms with E-state index in [2.05, 4.69) is 0 Å². The Bertz CT molecular complexity index is 14.3. The van der Waals surface area contributed by atoms with Crippen molar-refractivity contribution in [3.63, 3.8) is 0 Å². The average Bonchev–Trinajstić information content (AvgIpc) is 1.81. The molecule has 0 aromatic heterocycles. The largest absolute Gasteiger partial charge is 2.00 e. The second-order valence-corrected chi connectivity index (χ2v) is 0. The fourth-order valence-corrected chi connectivity index (χ4v) is 0. The van der Waals surface area contributed by atoms with Gasteiger partial charge in [0.25, 0.3) is 0 Å². The van der Waals surface area contributed by atoms with Crippen LogP contribution in [0.4, 0.5) is 0 Å². The van der Waals surface area contributed by atoms with Gasteiger partial charge in [0.05, 0.1) is 0 Å². The Hall–Kier alpha value is 8.18. The van der Waals surface area contributed by atoms with E-state index in [1.54, 1.807) is 0 Å². The molecule has 0 aliphatic carbocycles. The molecule has 0 atom stereocenters. The van der Waals surface area contributed by atoms with Gasteiger partial charge < -0.3 is 16.4 Å². The molecule has 3 nitrogen and oxygen atoms in total. The Kier molecular flexibility index (Phi) is 223. The molecule has 0 heterocycles. The molecule has 0 amide bonds. The Morgan fingerprint density at radius 1 is 0.444 bits per heavy atom. The summed E-state index contributed by atoms with van der Waals surface area (Å²) in [5.41, 5.74) is 0. The zero-order chi connectivity index (χ0) is 6.00. The molecule has 0 spiro atoms. The summed E-state index contributed by atoms with van der Waals surface area (Å²) in [4.78, 5) is 0. The normalized spacial score (nSPS) is 1.67. The van der Waals surface area contributed by atoms with Crippen LogP contribution in [0, 0.1) is 61.4 Å². The van der Waals surface area contributed by atoms with Gasteiger partial charge in [-0.15, -0.1) is 0 Å². The van der Waals surface area contributed by atoms with Gasteiger partial charge in [-0.3, -0.25) is 0 Å². The molecule has 0 fully saturated rings. The number of rotatable bonds is 0. The van der Waals surface area contributed by atoms with Crippen LogP contribution in [-0.4, -0.2) is 108 Å². The third-order valence-electron chi connectivity index (χ3n) is 0. The topological polar surface area (TPSA) is 85.5 Å². The van der Waals surface area contributed by atoms with Gasteiger partial charge in [0, 0.05) is 0 Å². The smallest absolute Gasteiger partial charge is 2.00 e. The quantitative estimate of drug-likeness (QED) is 0.246. The Labute approximate surface area is 176 Å². The summed E-state index contributed by atoms with van der Waals surface area (Å²) >= 11 is 7.33. The van der Waals surface area contributed by atoms with Crippen LogP contribution < -0.4 is 0 Å². The molecule has 0 aliphatic heterocycles. The first-order valence-electron chi connectivity index (χ1n) is 1.73. The maximum atomic E-state index is 1.39. The molecule has 0 saturated carbocycles. The molecule has 0 N–H and O–H groups in total. The zero-order valence-corrected chi connectivity index (χ0v) is 35.7. The maximum absolute atomic E-state index is 1.39. The first kappa shape index (κ1) is 36.0. The Morgan fingerprint density at radius 3 is 0.444 bits per heavy atom. The minimum Gasteiger partial charge on any atom is -2.00 e. The second kappa shape index (κ2) is 55.7. The van der Waals surface area contributed by atoms with Crippen molar-refractivity contribution in [1.29, 1.82) is 0 Å². The predicted molar refractivity (Wildman–Crippen MR) is 23.5 cm³/mol. The molecular weight excluding hydrogens is 877 g/mol. The van der Waals surface area contributed by atoms with Crippen molar-refractivity contribution in [2.45, 2.75) is 0 Å². The molecule has 9 heteroatoms. The molecule has 0 unspecified atom stereocenters. The van der Waals surface area contributed by atoms with Crippen molar-refractivity contribution < 1.29 is 77.8 Å². The van der Waals surface area contributed by atoms with E-state index in [4.69, 9.17) is 0 Å². The molecular formula is H3Ba3La3O3. The first-order chi connectivity index (χ1) is 3.00. The SMILES string of the molecule is [BaH][La+2].[BaH][La+2].[BaH][La+2].[O-2].[O-2].[O-2]. The standard InChI is InChI=1S/3Ba.3La.3O.3H/q;;;3*+2;3*-2;;;. The number of hydrogen-bond donors (Lipinski definition) is 0. The minimum absolute atomic E-state index is 0. The molecule has 9 heavy (non-hydrogen) atoms. The van der Waals surface area contributed by atoms with Crippen LogP contribution in [0.1, 0.15) is 0 Å². The third kappa shape index (κ3) is 48.6. The summed E-state index contributed by atoms with van der Waals surface area (Å²) < 4.78 is 0. The van der Waals surface area contributed by atoms with E-state index in [1.807, 2.05) is 0 Å². The minimum atomic E-state index is 0. The Morgan fingerprint density at radius 2 is 0.444 bits per heavy atom. The van der Waals surface area contributed by atoms with Crippen molar-refractivity contribution in [3.05, 3.63) is 0 Å². The van der Waals surface area contributed by atoms with E-state index < -0.39 is 0 Å². The van der Waals surface area contributed by atoms with Gasteiger partial charge in [-0.1, -0.05) is 0 Å². The van der Waals surface area contributed by atoms with E-state index in [0.29, 0.717) is 0 Å². The van der Waals surface area contributed by atoms with Crippen molar-refractivity contribution in [2.75, 3.05) is 0 Å². The summed E-state index contributed by atoms with van der Waals surface area (Å²) in [6, 6.07) is 0. The van der Waals surface area contributed by atoms with E-state index >= 15 is 0 Å². The summed E-state index contributed by atoms with van der Waals surface area (Å²) in [7, 11) is 0. The summed E-state index contributed by atoms with van der Waals surface area (Å²) in [5, 5.41) is 0. The average molecular weight is 880 g/mol. The van der Waals surface area contributed by atoms with Crippen LogP contribution >= 0.6 is 0 Å². The Balaban J connectivity index is -0.00000000321. The number of hydrogen-bond acceptors (Lipinski definition) is 0. The van der Waals surface area contributed by atoms with Gasteiger partial charge >= 0.3 is 169 Å². The van der Waals surface area contributed by atoms with Gasteiger partial charge in [-0.05, 0) is 0 Å². The van der Waals surface area contributed by atoms with Crippen LogP contribution in [0.25, 0.3) is 0 Å². The molecule has 0 aromatic rings. The molecule has 0 rings (SSSR count). The van der Waals surface area contributed by atoms with Crippen LogP contribution in [-0.2, 0) is 16.4 Å². The van der Waals surface area contributed by atoms with E-state index in [0.717, 1.165) is 108 Å². The van der Waals surface area contributed by atoms with Crippen molar-refractivity contribution in [3.8, 4) is 0 Å². The van der Waals surface area contributed by atoms with Crippen LogP contribution in [0.2, 0.25) is 0 Å². The van der Waals surface area contributed by atoms with Crippen molar-refractivity contribution >= 4 is 108 Å². The summed E-state index contributed by atoms with van der Waals surface area (Å²) in [6.07, 6.45) is 0. The fraction of sp³-hybridized carbons (Fsp3) is 0. The fourth-order valence-electron chi connectivity index (χ4n) is 0. The van der Waals surface area contributed by atoms with Crippen LogP contribution in [0.3, 0.4) is 0 Å². The maximum Gasteiger partial charge on any atom is -2.00 e. The second-order valence-electron chi connectivity index (χ2n) is 0. The van der Waals surface area contributed by atoms with Gasteiger partial charge in [0.1, 0.15) is 0 Å². The van der Waals surface area contributed by atoms with E-state index in [1.165, 1.54) is 61.4 Å². The van der Waals surface area contributed by atoms with Crippen molar-refractivity contribution in [2.24, 2.45) is 0 Å². The first-order valence-corrected chi connectivity index (χ1v) is 91.8. The molecule has 0 bridgehead atoms. The molecule has 0 saturated heterocycles. The summed E-state index contributed by atoms with van der Waals surface area (Å²) in [5.74, 6) is 0. The monoisotopic (exact) mass is 881 g/mol. The van der Waals surface area contributed by atoms with E-state index in [9.17, 15) is 0 Å². The van der Waals surface area contributed by atoms with Gasteiger partial charge in [0.15, 0.2) is 0 Å². The van der Waals surface area contributed by atoms with Gasteiger partial charge in [0.2, 0.25) is 0 Å². The van der Waals surface area contributed by atoms with Crippen LogP contribution in [0.5, 0.6) is 0 Å². The van der Waals surface area contributed by atoms with E-state index in [-0.39, 0.29) is 16.4 Å². The molecule has 36 valence electrons. The summed E-state index contributed by atoms with van der Waals surface area (Å²) in [6.45, 7) is 0. The van der Waals surface area contributed by atoms with Crippen molar-refractivity contribution in [1.82, 2.24) is 0 Å². The predicted octanol–water partition coefficient (Wildman–Crippen LogP) is -2.30. The third-order valence-corrected chi connectivity index (χ3v) is 0. The molecule has 0 radical (unpaired) electrons. The van der Waals surface area contributed by atoms with Crippen LogP contribution in [0.15, 0.2) is 0 Å². The molecule has 0 aliphatic rings. The zero-order valence-electron chi connectivity index (χ0n) is 5.96. The van der Waals surface area contributed by atoms with Gasteiger partial charge in [-0.25, -0.2) is 0 Å². The molecule has 0 aromatic carbocycles. The van der Waals surface area contributed by atoms with Gasteiger partial charge in [-0.2, -0.15) is 0 Å².